The Morgan fingerprint density at radius 3 is 2.72 bits per heavy atom. The third-order valence-electron chi connectivity index (χ3n) is 3.13. The number of hydrogen-bond donors (Lipinski definition) is 2. The number of nitrogens with one attached hydrogen (secondary N) is 1. The van der Waals surface area contributed by atoms with E-state index in [9.17, 15) is 0 Å². The lowest BCUT2D eigenvalue weighted by atomic mass is 10.1. The lowest BCUT2D eigenvalue weighted by Crippen LogP contribution is -2.07. The van der Waals surface area contributed by atoms with Gasteiger partial charge in [0.1, 0.15) is 0 Å². The number of fused-ring (bicyclic) bond motifs is 2. The van der Waals surface area contributed by atoms with Crippen LogP contribution < -0.4 is 15.8 Å². The first-order chi connectivity index (χ1) is 8.88. The Morgan fingerprint density at radius 2 is 1.83 bits per heavy atom. The summed E-state index contributed by atoms with van der Waals surface area (Å²) in [5.41, 5.74) is 8.93. The van der Waals surface area contributed by atoms with Crippen molar-refractivity contribution in [2.24, 2.45) is 5.73 Å². The summed E-state index contributed by atoms with van der Waals surface area (Å²) >= 11 is 0. The van der Waals surface area contributed by atoms with Gasteiger partial charge >= 0.3 is 0 Å². The SMILES string of the molecule is NCCCc1cccc2c1Nc1ccccc1O2. The molecule has 0 saturated heterocycles. The molecular formula is C15H16N2O. The minimum Gasteiger partial charge on any atom is -0.453 e. The van der Waals surface area contributed by atoms with Gasteiger partial charge in [-0.05, 0) is 43.1 Å². The number of ether oxygens (including phenoxy) is 1. The van der Waals surface area contributed by atoms with E-state index in [-0.39, 0.29) is 0 Å². The highest BCUT2D eigenvalue weighted by Crippen LogP contribution is 2.43. The maximum atomic E-state index is 5.90. The zero-order valence-electron chi connectivity index (χ0n) is 10.1. The van der Waals surface area contributed by atoms with Crippen molar-refractivity contribution in [2.45, 2.75) is 12.8 Å². The molecule has 0 aromatic heterocycles. The van der Waals surface area contributed by atoms with E-state index in [4.69, 9.17) is 10.5 Å². The molecule has 0 aliphatic carbocycles. The second-order valence-electron chi connectivity index (χ2n) is 4.41. The van der Waals surface area contributed by atoms with Crippen LogP contribution in [0.4, 0.5) is 11.4 Å². The van der Waals surface area contributed by atoms with Crippen LogP contribution in [-0.2, 0) is 6.42 Å². The predicted octanol–water partition coefficient (Wildman–Crippen LogP) is 3.43. The third kappa shape index (κ3) is 1.93. The van der Waals surface area contributed by atoms with Gasteiger partial charge < -0.3 is 15.8 Å². The van der Waals surface area contributed by atoms with E-state index >= 15 is 0 Å². The number of para-hydroxylation sites is 3. The maximum Gasteiger partial charge on any atom is 0.151 e. The highest BCUT2D eigenvalue weighted by Gasteiger charge is 2.17. The van der Waals surface area contributed by atoms with E-state index in [2.05, 4.69) is 11.4 Å². The van der Waals surface area contributed by atoms with Crippen LogP contribution in [0.5, 0.6) is 11.5 Å². The molecule has 2 aromatic carbocycles. The Labute approximate surface area is 107 Å². The zero-order chi connectivity index (χ0) is 12.4. The molecule has 0 spiro atoms. The average molecular weight is 240 g/mol. The van der Waals surface area contributed by atoms with Gasteiger partial charge in [-0.15, -0.1) is 0 Å². The first-order valence-corrected chi connectivity index (χ1v) is 6.24. The summed E-state index contributed by atoms with van der Waals surface area (Å²) in [7, 11) is 0. The summed E-state index contributed by atoms with van der Waals surface area (Å²) in [4.78, 5) is 0. The third-order valence-corrected chi connectivity index (χ3v) is 3.13. The van der Waals surface area contributed by atoms with Gasteiger partial charge in [0.05, 0.1) is 11.4 Å². The molecule has 18 heavy (non-hydrogen) atoms. The van der Waals surface area contributed by atoms with Crippen molar-refractivity contribution in [3.63, 3.8) is 0 Å². The van der Waals surface area contributed by atoms with Crippen LogP contribution in [0.2, 0.25) is 0 Å². The van der Waals surface area contributed by atoms with E-state index in [0.29, 0.717) is 6.54 Å². The summed E-state index contributed by atoms with van der Waals surface area (Å²) in [5, 5.41) is 3.45. The highest BCUT2D eigenvalue weighted by atomic mass is 16.5. The van der Waals surface area contributed by atoms with Gasteiger partial charge in [0.25, 0.3) is 0 Å². The minimum atomic E-state index is 0.709. The summed E-state index contributed by atoms with van der Waals surface area (Å²) in [6.45, 7) is 0.709. The molecule has 1 heterocycles. The van der Waals surface area contributed by atoms with Crippen molar-refractivity contribution in [3.05, 3.63) is 48.0 Å². The molecule has 3 nitrogen and oxygen atoms in total. The van der Waals surface area contributed by atoms with Crippen LogP contribution in [0.3, 0.4) is 0 Å². The molecule has 1 aliphatic rings. The van der Waals surface area contributed by atoms with Crippen LogP contribution in [0.15, 0.2) is 42.5 Å². The first-order valence-electron chi connectivity index (χ1n) is 6.24. The van der Waals surface area contributed by atoms with Crippen molar-refractivity contribution >= 4 is 11.4 Å². The molecule has 2 aromatic rings. The van der Waals surface area contributed by atoms with Crippen LogP contribution in [0.1, 0.15) is 12.0 Å². The molecule has 0 atom stereocenters. The average Bonchev–Trinajstić information content (AvgIpc) is 2.43. The molecule has 0 bridgehead atoms. The number of nitrogens with two attached hydrogens (primary N) is 1. The van der Waals surface area contributed by atoms with E-state index in [0.717, 1.165) is 35.7 Å². The Balaban J connectivity index is 1.97. The van der Waals surface area contributed by atoms with Gasteiger partial charge in [0, 0.05) is 0 Å². The fourth-order valence-corrected chi connectivity index (χ4v) is 2.22. The monoisotopic (exact) mass is 240 g/mol. The molecule has 3 rings (SSSR count). The predicted molar refractivity (Wildman–Crippen MR) is 73.6 cm³/mol. The molecule has 0 amide bonds. The van der Waals surface area contributed by atoms with Gasteiger partial charge in [-0.3, -0.25) is 0 Å². The molecule has 0 unspecified atom stereocenters. The van der Waals surface area contributed by atoms with E-state index in [1.807, 2.05) is 36.4 Å². The highest BCUT2D eigenvalue weighted by molar-refractivity contribution is 5.77. The van der Waals surface area contributed by atoms with E-state index < -0.39 is 0 Å². The quantitative estimate of drug-likeness (QED) is 0.737. The second-order valence-corrected chi connectivity index (χ2v) is 4.41. The normalized spacial score (nSPS) is 12.1. The molecule has 0 saturated carbocycles. The Hall–Kier alpha value is -2.00. The fourth-order valence-electron chi connectivity index (χ4n) is 2.22. The molecule has 0 radical (unpaired) electrons. The Morgan fingerprint density at radius 1 is 1.00 bits per heavy atom. The molecule has 0 fully saturated rings. The topological polar surface area (TPSA) is 47.3 Å². The van der Waals surface area contributed by atoms with Crippen LogP contribution >= 0.6 is 0 Å². The largest absolute Gasteiger partial charge is 0.453 e. The lowest BCUT2D eigenvalue weighted by Gasteiger charge is -2.23. The van der Waals surface area contributed by atoms with Gasteiger partial charge in [0.15, 0.2) is 11.5 Å². The summed E-state index contributed by atoms with van der Waals surface area (Å²) < 4.78 is 5.90. The van der Waals surface area contributed by atoms with Crippen LogP contribution in [0, 0.1) is 0 Å². The number of anilines is 2. The lowest BCUT2D eigenvalue weighted by molar-refractivity contribution is 0.480. The Kier molecular flexibility index (Phi) is 2.90. The summed E-state index contributed by atoms with van der Waals surface area (Å²) in [6, 6.07) is 14.1. The standard InChI is InChI=1S/C15H16N2O/c16-10-4-6-11-5-3-9-14-15(11)17-12-7-1-2-8-13(12)18-14/h1-3,5,7-9,17H,4,6,10,16H2. The van der Waals surface area contributed by atoms with Gasteiger partial charge in [-0.2, -0.15) is 0 Å². The number of hydrogen-bond acceptors (Lipinski definition) is 3. The van der Waals surface area contributed by atoms with Crippen molar-refractivity contribution in [2.75, 3.05) is 11.9 Å². The van der Waals surface area contributed by atoms with E-state index in [1.165, 1.54) is 5.56 Å². The zero-order valence-corrected chi connectivity index (χ0v) is 10.1. The van der Waals surface area contributed by atoms with Crippen molar-refractivity contribution in [1.29, 1.82) is 0 Å². The molecule has 92 valence electrons. The minimum absolute atomic E-state index is 0.709. The van der Waals surface area contributed by atoms with E-state index in [1.54, 1.807) is 0 Å². The molecule has 1 aliphatic heterocycles. The molecule has 3 heteroatoms. The summed E-state index contributed by atoms with van der Waals surface area (Å²) in [6.07, 6.45) is 1.96. The van der Waals surface area contributed by atoms with Crippen LogP contribution in [-0.4, -0.2) is 6.54 Å². The van der Waals surface area contributed by atoms with Gasteiger partial charge in [0.2, 0.25) is 0 Å². The number of rotatable bonds is 3. The van der Waals surface area contributed by atoms with Crippen molar-refractivity contribution in [3.8, 4) is 11.5 Å². The Bertz CT molecular complexity index is 566. The molecule has 3 N–H and O–H groups in total. The smallest absolute Gasteiger partial charge is 0.151 e. The fraction of sp³-hybridized carbons (Fsp3) is 0.200. The van der Waals surface area contributed by atoms with Gasteiger partial charge in [-0.25, -0.2) is 0 Å². The summed E-state index contributed by atoms with van der Waals surface area (Å²) in [5.74, 6) is 1.77. The maximum absolute atomic E-state index is 5.90. The molecular weight excluding hydrogens is 224 g/mol. The second kappa shape index (κ2) is 4.70. The number of aryl methyl sites for hydroxylation is 1. The van der Waals surface area contributed by atoms with Crippen molar-refractivity contribution in [1.82, 2.24) is 0 Å². The first kappa shape index (κ1) is 11.1. The van der Waals surface area contributed by atoms with Crippen LogP contribution in [0.25, 0.3) is 0 Å². The van der Waals surface area contributed by atoms with Crippen molar-refractivity contribution < 1.29 is 4.74 Å². The number of benzene rings is 2. The van der Waals surface area contributed by atoms with Gasteiger partial charge in [-0.1, -0.05) is 24.3 Å².